The fourth-order valence-corrected chi connectivity index (χ4v) is 2.20. The molecule has 0 spiro atoms. The highest BCUT2D eigenvalue weighted by molar-refractivity contribution is 5.78. The molecule has 0 saturated heterocycles. The molecule has 0 radical (unpaired) electrons. The second kappa shape index (κ2) is 6.61. The maximum atomic E-state index is 5.94. The van der Waals surface area contributed by atoms with E-state index in [1.807, 2.05) is 25.2 Å². The van der Waals surface area contributed by atoms with E-state index in [4.69, 9.17) is 10.5 Å². The maximum Gasteiger partial charge on any atom is 0.0705 e. The maximum absolute atomic E-state index is 5.94. The fourth-order valence-electron chi connectivity index (χ4n) is 2.20. The first-order valence-electron chi connectivity index (χ1n) is 6.47. The topological polar surface area (TPSA) is 51.4 Å². The van der Waals surface area contributed by atoms with Gasteiger partial charge in [-0.1, -0.05) is 24.3 Å². The van der Waals surface area contributed by atoms with Crippen LogP contribution in [0.5, 0.6) is 0 Å². The van der Waals surface area contributed by atoms with Crippen LogP contribution in [0, 0.1) is 0 Å². The third-order valence-corrected chi connectivity index (χ3v) is 3.01. The molecule has 2 rings (SSSR count). The van der Waals surface area contributed by atoms with Crippen molar-refractivity contribution in [2.45, 2.75) is 12.6 Å². The average molecular weight is 259 g/mol. The first-order valence-corrected chi connectivity index (χ1v) is 6.47. The lowest BCUT2D eigenvalue weighted by atomic mass is 10.2. The van der Waals surface area contributed by atoms with Crippen molar-refractivity contribution in [2.75, 3.05) is 27.3 Å². The summed E-state index contributed by atoms with van der Waals surface area (Å²) in [4.78, 5) is 6.82. The van der Waals surface area contributed by atoms with Crippen LogP contribution in [0.3, 0.4) is 0 Å². The summed E-state index contributed by atoms with van der Waals surface area (Å²) < 4.78 is 5.05. The van der Waals surface area contributed by atoms with E-state index in [0.717, 1.165) is 24.3 Å². The van der Waals surface area contributed by atoms with Crippen molar-refractivity contribution in [3.8, 4) is 0 Å². The molecule has 102 valence electrons. The molecule has 1 aromatic carbocycles. The summed E-state index contributed by atoms with van der Waals surface area (Å²) in [6, 6.07) is 12.4. The van der Waals surface area contributed by atoms with Crippen LogP contribution in [-0.2, 0) is 11.3 Å². The van der Waals surface area contributed by atoms with E-state index in [1.165, 1.54) is 5.39 Å². The van der Waals surface area contributed by atoms with Gasteiger partial charge < -0.3 is 10.5 Å². The molecule has 0 amide bonds. The highest BCUT2D eigenvalue weighted by atomic mass is 16.5. The van der Waals surface area contributed by atoms with Crippen LogP contribution in [0.15, 0.2) is 36.4 Å². The molecule has 0 aliphatic heterocycles. The minimum atomic E-state index is 0.0375. The summed E-state index contributed by atoms with van der Waals surface area (Å²) >= 11 is 0. The quantitative estimate of drug-likeness (QED) is 0.857. The van der Waals surface area contributed by atoms with E-state index in [9.17, 15) is 0 Å². The minimum absolute atomic E-state index is 0.0375. The third kappa shape index (κ3) is 3.99. The first kappa shape index (κ1) is 13.9. The van der Waals surface area contributed by atoms with E-state index in [-0.39, 0.29) is 6.04 Å². The second-order valence-corrected chi connectivity index (χ2v) is 4.91. The lowest BCUT2D eigenvalue weighted by Crippen LogP contribution is -2.38. The van der Waals surface area contributed by atoms with E-state index >= 15 is 0 Å². The zero-order valence-corrected chi connectivity index (χ0v) is 11.5. The number of rotatable bonds is 6. The van der Waals surface area contributed by atoms with Crippen LogP contribution in [0.25, 0.3) is 10.9 Å². The zero-order chi connectivity index (χ0) is 13.7. The molecular weight excluding hydrogens is 238 g/mol. The number of nitrogens with two attached hydrogens (primary N) is 1. The molecule has 4 nitrogen and oxygen atoms in total. The van der Waals surface area contributed by atoms with Gasteiger partial charge in [-0.15, -0.1) is 0 Å². The van der Waals surface area contributed by atoms with Gasteiger partial charge in [0.05, 0.1) is 17.8 Å². The Labute approximate surface area is 114 Å². The van der Waals surface area contributed by atoms with Crippen LogP contribution in [0.2, 0.25) is 0 Å². The lowest BCUT2D eigenvalue weighted by molar-refractivity contribution is 0.159. The van der Waals surface area contributed by atoms with Gasteiger partial charge in [0.1, 0.15) is 0 Å². The second-order valence-electron chi connectivity index (χ2n) is 4.91. The summed E-state index contributed by atoms with van der Waals surface area (Å²) in [5.41, 5.74) is 8.04. The Hall–Kier alpha value is -1.49. The van der Waals surface area contributed by atoms with E-state index in [1.54, 1.807) is 7.11 Å². The van der Waals surface area contributed by atoms with Crippen LogP contribution >= 0.6 is 0 Å². The fraction of sp³-hybridized carbons (Fsp3) is 0.400. The van der Waals surface area contributed by atoms with Gasteiger partial charge in [-0.05, 0) is 19.2 Å². The third-order valence-electron chi connectivity index (χ3n) is 3.01. The highest BCUT2D eigenvalue weighted by Crippen LogP contribution is 2.12. The Morgan fingerprint density at radius 1 is 1.26 bits per heavy atom. The van der Waals surface area contributed by atoms with Gasteiger partial charge in [0.25, 0.3) is 0 Å². The summed E-state index contributed by atoms with van der Waals surface area (Å²) in [6.45, 7) is 2.17. The van der Waals surface area contributed by atoms with Crippen molar-refractivity contribution in [3.05, 3.63) is 42.1 Å². The lowest BCUT2D eigenvalue weighted by Gasteiger charge is -2.20. The Morgan fingerprint density at radius 2 is 2.05 bits per heavy atom. The van der Waals surface area contributed by atoms with Crippen LogP contribution in [0.1, 0.15) is 5.69 Å². The number of hydrogen-bond donors (Lipinski definition) is 1. The van der Waals surface area contributed by atoms with Gasteiger partial charge in [-0.25, -0.2) is 0 Å². The van der Waals surface area contributed by atoms with Gasteiger partial charge in [-0.2, -0.15) is 0 Å². The van der Waals surface area contributed by atoms with Gasteiger partial charge in [-0.3, -0.25) is 9.88 Å². The number of hydrogen-bond acceptors (Lipinski definition) is 4. The number of fused-ring (bicyclic) bond motifs is 1. The van der Waals surface area contributed by atoms with Crippen LogP contribution in [0.4, 0.5) is 0 Å². The number of pyridine rings is 1. The van der Waals surface area contributed by atoms with Crippen molar-refractivity contribution >= 4 is 10.9 Å². The smallest absolute Gasteiger partial charge is 0.0705 e. The molecule has 1 heterocycles. The number of methoxy groups -OCH3 is 1. The predicted molar refractivity (Wildman–Crippen MR) is 77.9 cm³/mol. The summed E-state index contributed by atoms with van der Waals surface area (Å²) in [5.74, 6) is 0. The van der Waals surface area contributed by atoms with Gasteiger partial charge in [0.2, 0.25) is 0 Å². The van der Waals surface area contributed by atoms with Gasteiger partial charge >= 0.3 is 0 Å². The minimum Gasteiger partial charge on any atom is -0.383 e. The molecule has 1 atom stereocenters. The van der Waals surface area contributed by atoms with Crippen molar-refractivity contribution in [1.82, 2.24) is 9.88 Å². The molecule has 0 fully saturated rings. The van der Waals surface area contributed by atoms with Crippen molar-refractivity contribution in [2.24, 2.45) is 5.73 Å². The molecule has 0 bridgehead atoms. The summed E-state index contributed by atoms with van der Waals surface area (Å²) in [6.07, 6.45) is 0. The van der Waals surface area contributed by atoms with Gasteiger partial charge in [0, 0.05) is 31.6 Å². The highest BCUT2D eigenvalue weighted by Gasteiger charge is 2.08. The molecule has 2 aromatic rings. The van der Waals surface area contributed by atoms with E-state index < -0.39 is 0 Å². The largest absolute Gasteiger partial charge is 0.383 e. The van der Waals surface area contributed by atoms with E-state index in [0.29, 0.717) is 6.61 Å². The van der Waals surface area contributed by atoms with Crippen molar-refractivity contribution in [3.63, 3.8) is 0 Å². The first-order chi connectivity index (χ1) is 9.19. The van der Waals surface area contributed by atoms with Crippen molar-refractivity contribution < 1.29 is 4.74 Å². The summed E-state index contributed by atoms with van der Waals surface area (Å²) in [5, 5.41) is 1.17. The number of nitrogens with zero attached hydrogens (tertiary/aromatic N) is 2. The molecule has 0 saturated carbocycles. The molecule has 2 N–H and O–H groups in total. The number of para-hydroxylation sites is 1. The normalized spacial score (nSPS) is 13.1. The van der Waals surface area contributed by atoms with Gasteiger partial charge in [0.15, 0.2) is 0 Å². The molecule has 1 unspecified atom stereocenters. The van der Waals surface area contributed by atoms with Crippen molar-refractivity contribution in [1.29, 1.82) is 0 Å². The molecule has 0 aliphatic rings. The summed E-state index contributed by atoms with van der Waals surface area (Å²) in [7, 11) is 3.72. The number of likely N-dealkylation sites (N-methyl/N-ethyl adjacent to an activating group) is 1. The Balaban J connectivity index is 2.00. The molecule has 0 aliphatic carbocycles. The molecular formula is C15H21N3O. The zero-order valence-electron chi connectivity index (χ0n) is 11.5. The van der Waals surface area contributed by atoms with Crippen LogP contribution < -0.4 is 5.73 Å². The monoisotopic (exact) mass is 259 g/mol. The molecule has 4 heteroatoms. The molecule has 19 heavy (non-hydrogen) atoms. The molecule has 1 aromatic heterocycles. The number of aromatic nitrogens is 1. The predicted octanol–water partition coefficient (Wildman–Crippen LogP) is 1.64. The standard InChI is InChI=1S/C15H21N3O/c1-18(9-13(16)11-19-2)10-14-8-7-12-5-3-4-6-15(12)17-14/h3-8,13H,9-11,16H2,1-2H3. The SMILES string of the molecule is COCC(N)CN(C)Cc1ccc2ccccc2n1. The van der Waals surface area contributed by atoms with E-state index in [2.05, 4.69) is 28.1 Å². The van der Waals surface area contributed by atoms with Crippen LogP contribution in [-0.4, -0.2) is 43.2 Å². The Kier molecular flexibility index (Phi) is 4.85. The Morgan fingerprint density at radius 3 is 2.84 bits per heavy atom. The average Bonchev–Trinajstić information content (AvgIpc) is 2.38. The number of ether oxygens (including phenoxy) is 1. The number of benzene rings is 1. The Bertz CT molecular complexity index is 530.